The Morgan fingerprint density at radius 1 is 1.00 bits per heavy atom. The summed E-state index contributed by atoms with van der Waals surface area (Å²) < 4.78 is 6.56. The van der Waals surface area contributed by atoms with E-state index in [0.29, 0.717) is 29.8 Å². The molecule has 8 nitrogen and oxygen atoms in total. The Kier molecular flexibility index (Phi) is 8.43. The number of H-pyrrole nitrogens is 1. The molecule has 1 aliphatic heterocycles. The van der Waals surface area contributed by atoms with Gasteiger partial charge in [-0.05, 0) is 61.1 Å². The number of hydrogen-bond donors (Lipinski definition) is 1. The summed E-state index contributed by atoms with van der Waals surface area (Å²) in [5, 5.41) is 3.86. The highest BCUT2D eigenvalue weighted by Gasteiger charge is 2.37. The molecule has 224 valence electrons. The van der Waals surface area contributed by atoms with Crippen LogP contribution in [-0.2, 0) is 19.4 Å². The minimum absolute atomic E-state index is 0.00646. The molecule has 1 N–H and O–H groups in total. The molecule has 3 heterocycles. The molecule has 1 saturated heterocycles. The van der Waals surface area contributed by atoms with E-state index < -0.39 is 5.76 Å². The lowest BCUT2D eigenvalue weighted by atomic mass is 9.77. The Hall–Kier alpha value is -3.85. The summed E-state index contributed by atoms with van der Waals surface area (Å²) in [7, 11) is 0. The molecule has 0 bridgehead atoms. The predicted molar refractivity (Wildman–Crippen MR) is 172 cm³/mol. The normalized spacial score (nSPS) is 16.2. The van der Waals surface area contributed by atoms with Gasteiger partial charge in [0.2, 0.25) is 0 Å². The van der Waals surface area contributed by atoms with E-state index in [2.05, 4.69) is 22.0 Å². The van der Waals surface area contributed by atoms with Gasteiger partial charge >= 0.3 is 5.76 Å². The van der Waals surface area contributed by atoms with Crippen LogP contribution in [0.2, 0.25) is 0 Å². The standard InChI is InChI=1S/C34H39N5O3S/c1-3-8-29-35-23(2)28(21-30(43)38-19-17-34(18-20-38)15-6-7-16-34)32(40)39(29)22-24-11-13-25(14-12-24)26-9-4-5-10-27(26)31-36-33(41)42-37-31/h4-5,9-14H,3,6-8,15-22H2,1-2H3,(H,36,37,41). The molecule has 9 heteroatoms. The number of aromatic amines is 1. The number of thiocarbonyl (C=S) groups is 1. The summed E-state index contributed by atoms with van der Waals surface area (Å²) in [6.07, 6.45) is 9.95. The zero-order chi connectivity index (χ0) is 30.0. The fourth-order valence-corrected chi connectivity index (χ4v) is 7.24. The summed E-state index contributed by atoms with van der Waals surface area (Å²) in [4.78, 5) is 36.3. The lowest BCUT2D eigenvalue weighted by molar-refractivity contribution is 0.154. The van der Waals surface area contributed by atoms with Crippen molar-refractivity contribution < 1.29 is 4.52 Å². The molecule has 2 fully saturated rings. The second-order valence-electron chi connectivity index (χ2n) is 12.2. The molecular formula is C34H39N5O3S. The molecule has 2 aromatic carbocycles. The monoisotopic (exact) mass is 597 g/mol. The number of benzene rings is 2. The van der Waals surface area contributed by atoms with Gasteiger partial charge in [-0.3, -0.25) is 18.9 Å². The number of aromatic nitrogens is 4. The van der Waals surface area contributed by atoms with Crippen molar-refractivity contribution >= 4 is 17.2 Å². The van der Waals surface area contributed by atoms with E-state index in [-0.39, 0.29) is 5.56 Å². The van der Waals surface area contributed by atoms with Crippen molar-refractivity contribution in [1.29, 1.82) is 0 Å². The highest BCUT2D eigenvalue weighted by atomic mass is 32.1. The number of nitrogens with one attached hydrogen (secondary N) is 1. The van der Waals surface area contributed by atoms with Gasteiger partial charge in [-0.2, -0.15) is 0 Å². The van der Waals surface area contributed by atoms with Crippen LogP contribution in [0.5, 0.6) is 0 Å². The van der Waals surface area contributed by atoms with Crippen LogP contribution in [0.3, 0.4) is 0 Å². The van der Waals surface area contributed by atoms with Crippen LogP contribution < -0.4 is 11.3 Å². The van der Waals surface area contributed by atoms with Crippen LogP contribution in [0.15, 0.2) is 62.6 Å². The largest absolute Gasteiger partial charge is 0.439 e. The van der Waals surface area contributed by atoms with Gasteiger partial charge < -0.3 is 4.90 Å². The molecule has 1 aliphatic carbocycles. The molecule has 4 aromatic rings. The summed E-state index contributed by atoms with van der Waals surface area (Å²) >= 11 is 5.92. The third kappa shape index (κ3) is 6.13. The molecule has 2 aliphatic rings. The highest BCUT2D eigenvalue weighted by Crippen LogP contribution is 2.46. The first-order valence-electron chi connectivity index (χ1n) is 15.5. The SMILES string of the molecule is CCCc1nc(C)c(CC(=S)N2CCC3(CCCC3)CC2)c(=O)n1Cc1ccc(-c2ccccc2-c2noc(=O)[nH]2)cc1. The number of likely N-dealkylation sites (tertiary alicyclic amines) is 1. The van der Waals surface area contributed by atoms with E-state index in [1.54, 1.807) is 0 Å². The lowest BCUT2D eigenvalue weighted by Crippen LogP contribution is -2.43. The van der Waals surface area contributed by atoms with E-state index >= 15 is 0 Å². The van der Waals surface area contributed by atoms with Gasteiger partial charge in [0.05, 0.1) is 11.5 Å². The minimum Gasteiger partial charge on any atom is -0.366 e. The molecule has 0 amide bonds. The van der Waals surface area contributed by atoms with E-state index in [0.717, 1.165) is 64.7 Å². The van der Waals surface area contributed by atoms with E-state index in [9.17, 15) is 9.59 Å². The van der Waals surface area contributed by atoms with Gasteiger partial charge in [0.15, 0.2) is 5.82 Å². The molecule has 0 unspecified atom stereocenters. The first-order chi connectivity index (χ1) is 20.9. The van der Waals surface area contributed by atoms with Crippen molar-refractivity contribution in [2.24, 2.45) is 5.41 Å². The Balaban J connectivity index is 1.23. The van der Waals surface area contributed by atoms with Crippen LogP contribution in [-0.4, -0.2) is 42.7 Å². The zero-order valence-corrected chi connectivity index (χ0v) is 25.8. The van der Waals surface area contributed by atoms with Crippen LogP contribution in [0.4, 0.5) is 0 Å². The van der Waals surface area contributed by atoms with Gasteiger partial charge in [-0.15, -0.1) is 0 Å². The highest BCUT2D eigenvalue weighted by molar-refractivity contribution is 7.80. The fourth-order valence-electron chi connectivity index (χ4n) is 6.92. The van der Waals surface area contributed by atoms with E-state index in [1.807, 2.05) is 60.0 Å². The molecule has 2 aromatic heterocycles. The first-order valence-corrected chi connectivity index (χ1v) is 15.9. The minimum atomic E-state index is -0.589. The predicted octanol–water partition coefficient (Wildman–Crippen LogP) is 6.09. The van der Waals surface area contributed by atoms with Crippen LogP contribution in [0, 0.1) is 12.3 Å². The van der Waals surface area contributed by atoms with Crippen LogP contribution in [0.1, 0.15) is 74.5 Å². The summed E-state index contributed by atoms with van der Waals surface area (Å²) in [6.45, 7) is 6.48. The molecule has 0 atom stereocenters. The van der Waals surface area contributed by atoms with Gasteiger partial charge in [-0.25, -0.2) is 9.78 Å². The zero-order valence-electron chi connectivity index (χ0n) is 25.0. The van der Waals surface area contributed by atoms with E-state index in [4.69, 9.17) is 21.7 Å². The van der Waals surface area contributed by atoms with E-state index in [1.165, 1.54) is 38.5 Å². The number of hydrogen-bond acceptors (Lipinski definition) is 6. The molecule has 0 radical (unpaired) electrons. The fraction of sp³-hybridized carbons (Fsp3) is 0.441. The maximum atomic E-state index is 14.0. The van der Waals surface area contributed by atoms with Crippen LogP contribution in [0.25, 0.3) is 22.5 Å². The molecule has 1 spiro atoms. The van der Waals surface area contributed by atoms with Gasteiger partial charge in [0.25, 0.3) is 5.56 Å². The Morgan fingerprint density at radius 3 is 2.35 bits per heavy atom. The van der Waals surface area contributed by atoms with Crippen molar-refractivity contribution in [2.45, 2.75) is 78.2 Å². The summed E-state index contributed by atoms with van der Waals surface area (Å²) in [6, 6.07) is 15.9. The van der Waals surface area contributed by atoms with Crippen molar-refractivity contribution in [3.8, 4) is 22.5 Å². The molecule has 1 saturated carbocycles. The van der Waals surface area contributed by atoms with Crippen molar-refractivity contribution in [3.05, 3.63) is 92.1 Å². The smallest absolute Gasteiger partial charge is 0.366 e. The maximum absolute atomic E-state index is 14.0. The number of nitrogens with zero attached hydrogens (tertiary/aromatic N) is 4. The molecule has 43 heavy (non-hydrogen) atoms. The number of piperidine rings is 1. The Labute approximate surface area is 257 Å². The Morgan fingerprint density at radius 2 is 1.70 bits per heavy atom. The van der Waals surface area contributed by atoms with Gasteiger partial charge in [0, 0.05) is 42.8 Å². The average Bonchev–Trinajstić information content (AvgIpc) is 3.67. The quantitative estimate of drug-likeness (QED) is 0.246. The van der Waals surface area contributed by atoms with Crippen molar-refractivity contribution in [2.75, 3.05) is 13.1 Å². The van der Waals surface area contributed by atoms with Gasteiger partial charge in [0.1, 0.15) is 5.82 Å². The lowest BCUT2D eigenvalue weighted by Gasteiger charge is -2.40. The van der Waals surface area contributed by atoms with Crippen molar-refractivity contribution in [3.63, 3.8) is 0 Å². The summed E-state index contributed by atoms with van der Waals surface area (Å²) in [5.74, 6) is 0.609. The number of aryl methyl sites for hydroxylation is 2. The summed E-state index contributed by atoms with van der Waals surface area (Å²) in [5.41, 5.74) is 5.71. The topological polar surface area (TPSA) is 97.0 Å². The van der Waals surface area contributed by atoms with Crippen molar-refractivity contribution in [1.82, 2.24) is 24.6 Å². The van der Waals surface area contributed by atoms with Crippen LogP contribution >= 0.6 is 12.2 Å². The van der Waals surface area contributed by atoms with Gasteiger partial charge in [-0.1, -0.05) is 85.7 Å². The molecule has 6 rings (SSSR count). The maximum Gasteiger partial charge on any atom is 0.439 e. The second-order valence-corrected chi connectivity index (χ2v) is 12.7. The second kappa shape index (κ2) is 12.4. The third-order valence-electron chi connectivity index (χ3n) is 9.42. The molecular weight excluding hydrogens is 558 g/mol. The average molecular weight is 598 g/mol. The Bertz CT molecular complexity index is 1720. The first kappa shape index (κ1) is 29.2. The third-order valence-corrected chi connectivity index (χ3v) is 9.82. The number of rotatable bonds is 8.